The molecule has 4 aromatic rings. The average molecular weight is 431 g/mol. The number of hydrogen-bond acceptors (Lipinski definition) is 3. The van der Waals surface area contributed by atoms with Crippen molar-refractivity contribution < 1.29 is 0 Å². The van der Waals surface area contributed by atoms with E-state index in [2.05, 4.69) is 60.0 Å². The molecule has 0 atom stereocenters. The number of aryl methyl sites for hydroxylation is 3. The molecular weight excluding hydrogens is 404 g/mol. The summed E-state index contributed by atoms with van der Waals surface area (Å²) in [7, 11) is 0. The molecule has 162 valence electrons. The predicted octanol–water partition coefficient (Wildman–Crippen LogP) is 6.11. The Kier molecular flexibility index (Phi) is 4.66. The molecule has 0 bridgehead atoms. The highest BCUT2D eigenvalue weighted by Gasteiger charge is 2.30. The zero-order valence-corrected chi connectivity index (χ0v) is 19.1. The first kappa shape index (κ1) is 19.9. The van der Waals surface area contributed by atoms with Crippen LogP contribution in [0.15, 0.2) is 60.3 Å². The summed E-state index contributed by atoms with van der Waals surface area (Å²) in [5, 5.41) is 9.74. The van der Waals surface area contributed by atoms with Crippen LogP contribution in [0.4, 0.5) is 0 Å². The first-order valence-corrected chi connectivity index (χ1v) is 11.8. The summed E-state index contributed by atoms with van der Waals surface area (Å²) in [6, 6.07) is 19.7. The van der Waals surface area contributed by atoms with E-state index in [0.717, 1.165) is 41.7 Å². The number of fused-ring (bicyclic) bond motifs is 3. The van der Waals surface area contributed by atoms with Crippen LogP contribution < -0.4 is 0 Å². The van der Waals surface area contributed by atoms with Crippen LogP contribution in [-0.2, 0) is 19.4 Å². The molecule has 33 heavy (non-hydrogen) atoms. The summed E-state index contributed by atoms with van der Waals surface area (Å²) in [5.41, 5.74) is 11.3. The quantitative estimate of drug-likeness (QED) is 0.369. The van der Waals surface area contributed by atoms with E-state index in [-0.39, 0.29) is 0 Å². The summed E-state index contributed by atoms with van der Waals surface area (Å²) in [4.78, 5) is 9.71. The maximum absolute atomic E-state index is 9.74. The number of nitrogens with zero attached hydrogens (tertiary/aromatic N) is 4. The van der Waals surface area contributed by atoms with Crippen molar-refractivity contribution in [3.05, 3.63) is 99.5 Å². The number of hydrogen-bond donors (Lipinski definition) is 0. The Balaban J connectivity index is 1.46. The van der Waals surface area contributed by atoms with Gasteiger partial charge in [0.15, 0.2) is 5.65 Å². The molecule has 0 unspecified atom stereocenters. The van der Waals surface area contributed by atoms with Crippen LogP contribution in [-0.4, -0.2) is 14.5 Å². The summed E-state index contributed by atoms with van der Waals surface area (Å²) < 4.78 is 2.32. The number of rotatable bonds is 3. The highest BCUT2D eigenvalue weighted by Crippen LogP contribution is 2.41. The number of benzene rings is 2. The van der Waals surface area contributed by atoms with E-state index in [9.17, 15) is 5.26 Å². The lowest BCUT2D eigenvalue weighted by atomic mass is 9.90. The smallest absolute Gasteiger partial charge is 0.160 e. The van der Waals surface area contributed by atoms with Crippen LogP contribution in [0.2, 0.25) is 0 Å². The summed E-state index contributed by atoms with van der Waals surface area (Å²) in [5.74, 6) is 1.73. The van der Waals surface area contributed by atoms with Crippen molar-refractivity contribution in [1.82, 2.24) is 14.5 Å². The SMILES string of the molecule is C/C(C#N)=C1/c2ccccc2CCc2cc(Cn3c(C4CC4)nc4c(C)ccnc43)ccc21. The summed E-state index contributed by atoms with van der Waals surface area (Å²) in [6.07, 6.45) is 6.28. The number of imidazole rings is 1. The van der Waals surface area contributed by atoms with Gasteiger partial charge in [-0.3, -0.25) is 0 Å². The average Bonchev–Trinajstić information content (AvgIpc) is 3.63. The van der Waals surface area contributed by atoms with Gasteiger partial charge in [0.05, 0.1) is 12.6 Å². The van der Waals surface area contributed by atoms with Gasteiger partial charge >= 0.3 is 0 Å². The van der Waals surface area contributed by atoms with Crippen LogP contribution in [0.3, 0.4) is 0 Å². The Hall–Kier alpha value is -3.71. The van der Waals surface area contributed by atoms with Gasteiger partial charge in [-0.25, -0.2) is 9.97 Å². The third-order valence-corrected chi connectivity index (χ3v) is 7.08. The van der Waals surface area contributed by atoms with Crippen molar-refractivity contribution in [3.8, 4) is 6.07 Å². The van der Waals surface area contributed by atoms with E-state index >= 15 is 0 Å². The molecule has 0 spiro atoms. The van der Waals surface area contributed by atoms with Gasteiger partial charge in [-0.1, -0.05) is 42.5 Å². The lowest BCUT2D eigenvalue weighted by Crippen LogP contribution is -2.06. The van der Waals surface area contributed by atoms with Crippen molar-refractivity contribution in [2.45, 2.75) is 52.0 Å². The van der Waals surface area contributed by atoms with E-state index in [1.54, 1.807) is 0 Å². The van der Waals surface area contributed by atoms with E-state index < -0.39 is 0 Å². The van der Waals surface area contributed by atoms with Crippen LogP contribution in [0.25, 0.3) is 16.7 Å². The molecule has 2 aromatic carbocycles. The van der Waals surface area contributed by atoms with Crippen molar-refractivity contribution in [2.24, 2.45) is 0 Å². The lowest BCUT2D eigenvalue weighted by molar-refractivity contribution is 0.739. The molecule has 1 fully saturated rings. The first-order valence-electron chi connectivity index (χ1n) is 11.8. The topological polar surface area (TPSA) is 54.5 Å². The highest BCUT2D eigenvalue weighted by molar-refractivity contribution is 5.87. The molecule has 0 radical (unpaired) electrons. The Labute approximate surface area is 194 Å². The molecule has 1 saturated carbocycles. The minimum Gasteiger partial charge on any atom is -0.308 e. The molecule has 0 aliphatic heterocycles. The van der Waals surface area contributed by atoms with E-state index in [1.807, 2.05) is 19.2 Å². The fraction of sp³-hybridized carbons (Fsp3) is 0.276. The highest BCUT2D eigenvalue weighted by atomic mass is 15.1. The molecule has 4 nitrogen and oxygen atoms in total. The van der Waals surface area contributed by atoms with Gasteiger partial charge in [0, 0.05) is 23.3 Å². The largest absolute Gasteiger partial charge is 0.308 e. The molecule has 2 aliphatic rings. The molecule has 0 amide bonds. The second-order valence-electron chi connectivity index (χ2n) is 9.39. The second-order valence-corrected chi connectivity index (χ2v) is 9.39. The van der Waals surface area contributed by atoms with Crippen LogP contribution >= 0.6 is 0 Å². The maximum Gasteiger partial charge on any atom is 0.160 e. The molecule has 0 N–H and O–H groups in total. The Morgan fingerprint density at radius 1 is 1.06 bits per heavy atom. The van der Waals surface area contributed by atoms with Gasteiger partial charge in [0.1, 0.15) is 11.3 Å². The molecule has 2 heterocycles. The van der Waals surface area contributed by atoms with Crippen LogP contribution in [0.5, 0.6) is 0 Å². The van der Waals surface area contributed by atoms with Gasteiger partial charge in [0.2, 0.25) is 0 Å². The molecule has 2 aliphatic carbocycles. The monoisotopic (exact) mass is 430 g/mol. The zero-order chi connectivity index (χ0) is 22.5. The Bertz CT molecular complexity index is 1480. The third kappa shape index (κ3) is 3.36. The summed E-state index contributed by atoms with van der Waals surface area (Å²) in [6.45, 7) is 4.82. The summed E-state index contributed by atoms with van der Waals surface area (Å²) >= 11 is 0. The van der Waals surface area contributed by atoms with Crippen molar-refractivity contribution >= 4 is 16.7 Å². The van der Waals surface area contributed by atoms with Crippen molar-refractivity contribution in [3.63, 3.8) is 0 Å². The van der Waals surface area contributed by atoms with Crippen molar-refractivity contribution in [2.75, 3.05) is 0 Å². The van der Waals surface area contributed by atoms with Crippen LogP contribution in [0, 0.1) is 18.3 Å². The van der Waals surface area contributed by atoms with E-state index in [4.69, 9.17) is 9.97 Å². The normalized spacial score (nSPS) is 16.6. The molecule has 2 aromatic heterocycles. The van der Waals surface area contributed by atoms with Gasteiger partial charge in [0.25, 0.3) is 0 Å². The van der Waals surface area contributed by atoms with Crippen molar-refractivity contribution in [1.29, 1.82) is 5.26 Å². The standard InChI is InChI=1S/C29H26N4/c1-18-13-14-31-29-27(18)32-28(22-9-10-22)33(29)17-20-7-12-25-23(15-20)11-8-21-5-3-4-6-24(21)26(25)19(2)16-30/h3-7,12-15,22H,8-11,17H2,1-2H3/b26-19+. The third-order valence-electron chi connectivity index (χ3n) is 7.08. The number of allylic oxidation sites excluding steroid dienone is 1. The van der Waals surface area contributed by atoms with E-state index in [1.165, 1.54) is 52.0 Å². The Morgan fingerprint density at radius 2 is 1.85 bits per heavy atom. The van der Waals surface area contributed by atoms with Crippen LogP contribution in [0.1, 0.15) is 64.9 Å². The van der Waals surface area contributed by atoms with E-state index in [0.29, 0.717) is 5.92 Å². The predicted molar refractivity (Wildman–Crippen MR) is 131 cm³/mol. The number of aromatic nitrogens is 3. The lowest BCUT2D eigenvalue weighted by Gasteiger charge is -2.15. The minimum atomic E-state index is 0.557. The van der Waals surface area contributed by atoms with Gasteiger partial charge in [-0.05, 0) is 79.0 Å². The second kappa shape index (κ2) is 7.71. The number of pyridine rings is 1. The Morgan fingerprint density at radius 3 is 2.67 bits per heavy atom. The first-order chi connectivity index (χ1) is 16.1. The minimum absolute atomic E-state index is 0.557. The van der Waals surface area contributed by atoms with Gasteiger partial charge in [-0.2, -0.15) is 5.26 Å². The molecule has 6 rings (SSSR count). The fourth-order valence-corrected chi connectivity index (χ4v) is 5.20. The molecular formula is C29H26N4. The van der Waals surface area contributed by atoms with Gasteiger partial charge in [-0.15, -0.1) is 0 Å². The zero-order valence-electron chi connectivity index (χ0n) is 19.1. The van der Waals surface area contributed by atoms with Gasteiger partial charge < -0.3 is 4.57 Å². The molecule has 0 saturated heterocycles. The maximum atomic E-state index is 9.74. The fourth-order valence-electron chi connectivity index (χ4n) is 5.20. The number of nitriles is 1. The molecule has 4 heteroatoms.